The zero-order valence-corrected chi connectivity index (χ0v) is 8.94. The van der Waals surface area contributed by atoms with Crippen molar-refractivity contribution in [1.82, 2.24) is 5.32 Å². The Bertz CT molecular complexity index is 352. The van der Waals surface area contributed by atoms with Gasteiger partial charge in [-0.25, -0.2) is 0 Å². The molecule has 2 atom stereocenters. The van der Waals surface area contributed by atoms with Crippen LogP contribution in [0.3, 0.4) is 0 Å². The molecule has 3 nitrogen and oxygen atoms in total. The number of carboxylic acid groups (broad SMARTS) is 1. The van der Waals surface area contributed by atoms with E-state index in [0.717, 1.165) is 4.88 Å². The zero-order chi connectivity index (χ0) is 10.1. The van der Waals surface area contributed by atoms with Crippen LogP contribution in [0, 0.1) is 5.92 Å². The fourth-order valence-electron chi connectivity index (χ4n) is 1.78. The minimum absolute atomic E-state index is 0.0278. The van der Waals surface area contributed by atoms with Crippen molar-refractivity contribution >= 4 is 28.9 Å². The summed E-state index contributed by atoms with van der Waals surface area (Å²) in [5, 5.41) is 14.7. The van der Waals surface area contributed by atoms with E-state index in [1.165, 1.54) is 11.3 Å². The molecule has 0 radical (unpaired) electrons. The summed E-state index contributed by atoms with van der Waals surface area (Å²) in [5.41, 5.74) is 0. The molecule has 2 unspecified atom stereocenters. The van der Waals surface area contributed by atoms with Gasteiger partial charge in [0.2, 0.25) is 0 Å². The first-order chi connectivity index (χ1) is 6.70. The maximum atomic E-state index is 10.9. The summed E-state index contributed by atoms with van der Waals surface area (Å²) < 4.78 is 0. The molecular formula is C9H10ClNO2S. The lowest BCUT2D eigenvalue weighted by atomic mass is 9.95. The minimum atomic E-state index is -0.746. The monoisotopic (exact) mass is 231 g/mol. The molecule has 2 heterocycles. The Labute approximate surface area is 90.7 Å². The van der Waals surface area contributed by atoms with Crippen LogP contribution >= 0.6 is 22.9 Å². The Morgan fingerprint density at radius 2 is 2.43 bits per heavy atom. The largest absolute Gasteiger partial charge is 0.481 e. The summed E-state index contributed by atoms with van der Waals surface area (Å²) >= 11 is 7.51. The van der Waals surface area contributed by atoms with Gasteiger partial charge in [0.1, 0.15) is 0 Å². The van der Waals surface area contributed by atoms with Crippen molar-refractivity contribution < 1.29 is 9.90 Å². The molecule has 1 aliphatic rings. The predicted octanol–water partition coefficient (Wildman–Crippen LogP) is 1.79. The first-order valence-electron chi connectivity index (χ1n) is 4.36. The summed E-state index contributed by atoms with van der Waals surface area (Å²) in [6.07, 6.45) is 0. The van der Waals surface area contributed by atoms with E-state index < -0.39 is 5.97 Å². The van der Waals surface area contributed by atoms with Gasteiger partial charge < -0.3 is 10.4 Å². The van der Waals surface area contributed by atoms with Crippen LogP contribution in [0.4, 0.5) is 0 Å². The van der Waals surface area contributed by atoms with Crippen molar-refractivity contribution in [2.75, 3.05) is 13.1 Å². The molecule has 1 aromatic heterocycles. The highest BCUT2D eigenvalue weighted by Crippen LogP contribution is 2.36. The third-order valence-corrected chi connectivity index (χ3v) is 4.00. The molecule has 2 rings (SSSR count). The maximum absolute atomic E-state index is 10.9. The van der Waals surface area contributed by atoms with Gasteiger partial charge in [-0.05, 0) is 11.4 Å². The van der Waals surface area contributed by atoms with Crippen LogP contribution in [0.5, 0.6) is 0 Å². The summed E-state index contributed by atoms with van der Waals surface area (Å²) in [7, 11) is 0. The van der Waals surface area contributed by atoms with Crippen LogP contribution in [-0.2, 0) is 4.79 Å². The second-order valence-electron chi connectivity index (χ2n) is 3.34. The predicted molar refractivity (Wildman–Crippen MR) is 56.1 cm³/mol. The molecule has 0 bridgehead atoms. The van der Waals surface area contributed by atoms with Gasteiger partial charge in [-0.1, -0.05) is 11.6 Å². The molecule has 0 spiro atoms. The molecule has 1 fully saturated rings. The number of rotatable bonds is 2. The van der Waals surface area contributed by atoms with Gasteiger partial charge in [0.15, 0.2) is 0 Å². The third-order valence-electron chi connectivity index (χ3n) is 2.51. The van der Waals surface area contributed by atoms with Crippen molar-refractivity contribution in [3.63, 3.8) is 0 Å². The second-order valence-corrected chi connectivity index (χ2v) is 4.70. The van der Waals surface area contributed by atoms with Crippen LogP contribution in [-0.4, -0.2) is 24.2 Å². The highest BCUT2D eigenvalue weighted by atomic mass is 35.5. The minimum Gasteiger partial charge on any atom is -0.481 e. The Hall–Kier alpha value is -0.580. The van der Waals surface area contributed by atoms with Crippen LogP contribution < -0.4 is 5.32 Å². The first kappa shape index (κ1) is 9.96. The zero-order valence-electron chi connectivity index (χ0n) is 7.37. The second kappa shape index (κ2) is 3.88. The topological polar surface area (TPSA) is 49.3 Å². The molecule has 14 heavy (non-hydrogen) atoms. The van der Waals surface area contributed by atoms with Gasteiger partial charge in [-0.3, -0.25) is 4.79 Å². The lowest BCUT2D eigenvalue weighted by Crippen LogP contribution is -2.20. The number of hydrogen-bond acceptors (Lipinski definition) is 3. The molecule has 0 saturated carbocycles. The summed E-state index contributed by atoms with van der Waals surface area (Å²) in [6.45, 7) is 1.24. The molecule has 1 aliphatic heterocycles. The lowest BCUT2D eigenvalue weighted by molar-refractivity contribution is -0.141. The summed E-state index contributed by atoms with van der Waals surface area (Å²) in [4.78, 5) is 11.9. The molecule has 0 aliphatic carbocycles. The van der Waals surface area contributed by atoms with Gasteiger partial charge in [0, 0.05) is 23.9 Å². The molecule has 0 aromatic carbocycles. The number of carbonyl (C=O) groups is 1. The molecule has 1 aromatic rings. The van der Waals surface area contributed by atoms with E-state index in [1.54, 1.807) is 0 Å². The number of carboxylic acids is 1. The molecule has 76 valence electrons. The number of hydrogen-bond donors (Lipinski definition) is 2. The van der Waals surface area contributed by atoms with Gasteiger partial charge >= 0.3 is 5.97 Å². The number of thiophene rings is 1. The Kier molecular flexibility index (Phi) is 2.76. The van der Waals surface area contributed by atoms with E-state index in [1.807, 2.05) is 11.4 Å². The standard InChI is InChI=1S/C9H10ClNO2S/c10-7-1-2-14-8(7)5-3-11-4-6(5)9(12)13/h1-2,5-6,11H,3-4H2,(H,12,13). The first-order valence-corrected chi connectivity index (χ1v) is 5.62. The highest BCUT2D eigenvalue weighted by molar-refractivity contribution is 7.10. The Morgan fingerprint density at radius 1 is 1.64 bits per heavy atom. The fourth-order valence-corrected chi connectivity index (χ4v) is 3.15. The molecule has 5 heteroatoms. The van der Waals surface area contributed by atoms with E-state index in [9.17, 15) is 4.79 Å². The quantitative estimate of drug-likeness (QED) is 0.816. The third kappa shape index (κ3) is 1.65. The van der Waals surface area contributed by atoms with E-state index in [4.69, 9.17) is 16.7 Å². The number of halogens is 1. The fraction of sp³-hybridized carbons (Fsp3) is 0.444. The smallest absolute Gasteiger partial charge is 0.308 e. The van der Waals surface area contributed by atoms with E-state index in [-0.39, 0.29) is 11.8 Å². The number of nitrogens with one attached hydrogen (secondary N) is 1. The van der Waals surface area contributed by atoms with Crippen molar-refractivity contribution in [2.45, 2.75) is 5.92 Å². The van der Waals surface area contributed by atoms with Crippen molar-refractivity contribution in [1.29, 1.82) is 0 Å². The average molecular weight is 232 g/mol. The molecular weight excluding hydrogens is 222 g/mol. The molecule has 2 N–H and O–H groups in total. The number of aliphatic carboxylic acids is 1. The lowest BCUT2D eigenvalue weighted by Gasteiger charge is -2.12. The normalized spacial score (nSPS) is 26.6. The maximum Gasteiger partial charge on any atom is 0.308 e. The SMILES string of the molecule is O=C(O)C1CNCC1c1sccc1Cl. The van der Waals surface area contributed by atoms with Crippen molar-refractivity contribution in [3.8, 4) is 0 Å². The van der Waals surface area contributed by atoms with Crippen molar-refractivity contribution in [2.24, 2.45) is 5.92 Å². The van der Waals surface area contributed by atoms with Crippen LogP contribution in [0.1, 0.15) is 10.8 Å². The van der Waals surface area contributed by atoms with Crippen LogP contribution in [0.2, 0.25) is 5.02 Å². The summed E-state index contributed by atoms with van der Waals surface area (Å²) in [5.74, 6) is -1.06. The van der Waals surface area contributed by atoms with Crippen molar-refractivity contribution in [3.05, 3.63) is 21.3 Å². The highest BCUT2D eigenvalue weighted by Gasteiger charge is 2.35. The van der Waals surface area contributed by atoms with Gasteiger partial charge in [0.25, 0.3) is 0 Å². The van der Waals surface area contributed by atoms with E-state index >= 15 is 0 Å². The van der Waals surface area contributed by atoms with Gasteiger partial charge in [-0.2, -0.15) is 0 Å². The van der Waals surface area contributed by atoms with Gasteiger partial charge in [0.05, 0.1) is 10.9 Å². The average Bonchev–Trinajstić information content (AvgIpc) is 2.70. The Balaban J connectivity index is 2.26. The van der Waals surface area contributed by atoms with Crippen LogP contribution in [0.25, 0.3) is 0 Å². The molecule has 1 saturated heterocycles. The summed E-state index contributed by atoms with van der Waals surface area (Å²) in [6, 6.07) is 1.82. The van der Waals surface area contributed by atoms with E-state index in [2.05, 4.69) is 5.32 Å². The Morgan fingerprint density at radius 3 is 3.00 bits per heavy atom. The van der Waals surface area contributed by atoms with Gasteiger partial charge in [-0.15, -0.1) is 11.3 Å². The van der Waals surface area contributed by atoms with E-state index in [0.29, 0.717) is 18.1 Å². The van der Waals surface area contributed by atoms with Crippen LogP contribution in [0.15, 0.2) is 11.4 Å². The molecule has 0 amide bonds.